The maximum Gasteiger partial charge on any atom is 0.340 e. The smallest absolute Gasteiger partial charge is 0.340 e. The first-order valence-electron chi connectivity index (χ1n) is 9.70. The van der Waals surface area contributed by atoms with Gasteiger partial charge in [-0.1, -0.05) is 19.8 Å². The SMILES string of the molecule is CCCC[C@H](NC(=O)Cc1c(C)c2cc3c(C)coc3c(C)c2oc1=O)C(=O)O. The molecule has 1 atom stereocenters. The number of carboxylic acid groups (broad SMARTS) is 1. The van der Waals surface area contributed by atoms with E-state index in [9.17, 15) is 19.5 Å². The van der Waals surface area contributed by atoms with Gasteiger partial charge in [-0.3, -0.25) is 4.79 Å². The van der Waals surface area contributed by atoms with Crippen molar-refractivity contribution in [2.45, 2.75) is 59.4 Å². The second-order valence-electron chi connectivity index (χ2n) is 7.44. The van der Waals surface area contributed by atoms with Gasteiger partial charge >= 0.3 is 11.6 Å². The second kappa shape index (κ2) is 8.11. The van der Waals surface area contributed by atoms with Gasteiger partial charge in [0, 0.05) is 16.3 Å². The van der Waals surface area contributed by atoms with E-state index in [1.807, 2.05) is 26.8 Å². The summed E-state index contributed by atoms with van der Waals surface area (Å²) in [4.78, 5) is 36.4. The highest BCUT2D eigenvalue weighted by molar-refractivity contribution is 6.00. The minimum absolute atomic E-state index is 0.231. The van der Waals surface area contributed by atoms with E-state index in [-0.39, 0.29) is 12.0 Å². The van der Waals surface area contributed by atoms with Crippen LogP contribution < -0.4 is 10.9 Å². The van der Waals surface area contributed by atoms with Crippen molar-refractivity contribution in [3.05, 3.63) is 45.0 Å². The maximum absolute atomic E-state index is 12.6. The largest absolute Gasteiger partial charge is 0.480 e. The van der Waals surface area contributed by atoms with Gasteiger partial charge in [-0.25, -0.2) is 9.59 Å². The first-order valence-corrected chi connectivity index (χ1v) is 9.70. The van der Waals surface area contributed by atoms with E-state index in [0.29, 0.717) is 29.6 Å². The molecule has 0 aliphatic carbocycles. The van der Waals surface area contributed by atoms with Crippen molar-refractivity contribution in [3.8, 4) is 0 Å². The quantitative estimate of drug-likeness (QED) is 0.585. The third-order valence-corrected chi connectivity index (χ3v) is 5.35. The number of aliphatic carboxylic acids is 1. The third kappa shape index (κ3) is 3.90. The average Bonchev–Trinajstić information content (AvgIpc) is 3.04. The van der Waals surface area contributed by atoms with E-state index in [0.717, 1.165) is 28.3 Å². The van der Waals surface area contributed by atoms with Gasteiger partial charge in [-0.05, 0) is 44.4 Å². The molecule has 2 heterocycles. The lowest BCUT2D eigenvalue weighted by Crippen LogP contribution is -2.42. The molecular weight excluding hydrogens is 374 g/mol. The Labute approximate surface area is 167 Å². The van der Waals surface area contributed by atoms with Crippen LogP contribution in [0.3, 0.4) is 0 Å². The number of furan rings is 1. The highest BCUT2D eigenvalue weighted by Gasteiger charge is 2.22. The normalized spacial score (nSPS) is 12.4. The van der Waals surface area contributed by atoms with E-state index in [1.165, 1.54) is 0 Å². The Kier molecular flexibility index (Phi) is 5.77. The van der Waals surface area contributed by atoms with Crippen LogP contribution >= 0.6 is 0 Å². The summed E-state index contributed by atoms with van der Waals surface area (Å²) >= 11 is 0. The molecule has 29 heavy (non-hydrogen) atoms. The minimum Gasteiger partial charge on any atom is -0.480 e. The Morgan fingerprint density at radius 3 is 2.52 bits per heavy atom. The van der Waals surface area contributed by atoms with Crippen LogP contribution in [0.25, 0.3) is 21.9 Å². The summed E-state index contributed by atoms with van der Waals surface area (Å²) in [6.07, 6.45) is 3.28. The molecule has 1 aromatic carbocycles. The molecule has 0 aliphatic heterocycles. The molecule has 0 saturated carbocycles. The standard InChI is InChI=1S/C22H25NO6/c1-5-6-7-17(21(25)26)23-18(24)9-16-12(3)15-8-14-11(2)10-28-19(14)13(4)20(15)29-22(16)27/h8,10,17H,5-7,9H2,1-4H3,(H,23,24)(H,25,26)/t17-/m0/s1. The summed E-state index contributed by atoms with van der Waals surface area (Å²) < 4.78 is 11.1. The van der Waals surface area contributed by atoms with Crippen LogP contribution in [0.1, 0.15) is 48.4 Å². The second-order valence-corrected chi connectivity index (χ2v) is 7.44. The van der Waals surface area contributed by atoms with Crippen molar-refractivity contribution in [1.29, 1.82) is 0 Å². The first kappa shape index (κ1) is 20.6. The maximum atomic E-state index is 12.6. The predicted octanol–water partition coefficient (Wildman–Crippen LogP) is 3.77. The fraction of sp³-hybridized carbons (Fsp3) is 0.409. The van der Waals surface area contributed by atoms with Crippen molar-refractivity contribution < 1.29 is 23.5 Å². The molecule has 0 fully saturated rings. The summed E-state index contributed by atoms with van der Waals surface area (Å²) in [5, 5.41) is 13.5. The molecule has 7 heteroatoms. The van der Waals surface area contributed by atoms with Crippen LogP contribution in [-0.4, -0.2) is 23.0 Å². The lowest BCUT2D eigenvalue weighted by atomic mass is 9.99. The highest BCUT2D eigenvalue weighted by Crippen LogP contribution is 2.32. The molecule has 0 radical (unpaired) electrons. The number of benzene rings is 1. The number of nitrogens with one attached hydrogen (secondary N) is 1. The van der Waals surface area contributed by atoms with Crippen molar-refractivity contribution in [2.75, 3.05) is 0 Å². The Hall–Kier alpha value is -3.09. The molecule has 154 valence electrons. The Balaban J connectivity index is 1.98. The molecule has 0 saturated heterocycles. The molecule has 0 unspecified atom stereocenters. The monoisotopic (exact) mass is 399 g/mol. The number of amides is 1. The zero-order valence-corrected chi connectivity index (χ0v) is 17.0. The van der Waals surface area contributed by atoms with Crippen molar-refractivity contribution in [3.63, 3.8) is 0 Å². The number of rotatable bonds is 7. The number of aryl methyl sites for hydroxylation is 3. The summed E-state index contributed by atoms with van der Waals surface area (Å²) in [5.74, 6) is -1.59. The van der Waals surface area contributed by atoms with Crippen LogP contribution in [0.5, 0.6) is 0 Å². The molecule has 3 rings (SSSR count). The summed E-state index contributed by atoms with van der Waals surface area (Å²) in [6, 6.07) is 0.933. The average molecular weight is 399 g/mol. The van der Waals surface area contributed by atoms with E-state index < -0.39 is 23.5 Å². The number of carboxylic acids is 1. The molecule has 3 aromatic rings. The van der Waals surface area contributed by atoms with Gasteiger partial charge in [0.15, 0.2) is 0 Å². The number of hydrogen-bond donors (Lipinski definition) is 2. The fourth-order valence-electron chi connectivity index (χ4n) is 3.59. The summed E-state index contributed by atoms with van der Waals surface area (Å²) in [7, 11) is 0. The van der Waals surface area contributed by atoms with Gasteiger partial charge in [0.2, 0.25) is 5.91 Å². The molecule has 1 amide bonds. The van der Waals surface area contributed by atoms with Crippen molar-refractivity contribution in [2.24, 2.45) is 0 Å². The van der Waals surface area contributed by atoms with E-state index in [2.05, 4.69) is 5.32 Å². The van der Waals surface area contributed by atoms with Crippen molar-refractivity contribution in [1.82, 2.24) is 5.32 Å². The van der Waals surface area contributed by atoms with Gasteiger partial charge in [0.1, 0.15) is 17.2 Å². The van der Waals surface area contributed by atoms with Gasteiger partial charge in [0.05, 0.1) is 18.2 Å². The molecule has 0 spiro atoms. The van der Waals surface area contributed by atoms with Gasteiger partial charge < -0.3 is 19.3 Å². The van der Waals surface area contributed by atoms with Crippen LogP contribution in [0, 0.1) is 20.8 Å². The highest BCUT2D eigenvalue weighted by atomic mass is 16.4. The first-order chi connectivity index (χ1) is 13.7. The van der Waals surface area contributed by atoms with E-state index in [4.69, 9.17) is 8.83 Å². The van der Waals surface area contributed by atoms with Crippen LogP contribution in [0.4, 0.5) is 0 Å². The molecule has 0 aliphatic rings. The third-order valence-electron chi connectivity index (χ3n) is 5.35. The number of unbranched alkanes of at least 4 members (excludes halogenated alkanes) is 1. The Bertz CT molecular complexity index is 1150. The molecule has 7 nitrogen and oxygen atoms in total. The lowest BCUT2D eigenvalue weighted by Gasteiger charge is -2.15. The van der Waals surface area contributed by atoms with Crippen LogP contribution in [-0.2, 0) is 16.0 Å². The number of carbonyl (C=O) groups excluding carboxylic acids is 1. The van der Waals surface area contributed by atoms with Gasteiger partial charge in [-0.2, -0.15) is 0 Å². The van der Waals surface area contributed by atoms with Gasteiger partial charge in [-0.15, -0.1) is 0 Å². The van der Waals surface area contributed by atoms with Crippen LogP contribution in [0.15, 0.2) is 26.0 Å². The summed E-state index contributed by atoms with van der Waals surface area (Å²) in [6.45, 7) is 7.48. The van der Waals surface area contributed by atoms with Crippen LogP contribution in [0.2, 0.25) is 0 Å². The Morgan fingerprint density at radius 1 is 1.14 bits per heavy atom. The fourth-order valence-corrected chi connectivity index (χ4v) is 3.59. The molecule has 2 N–H and O–H groups in total. The summed E-state index contributed by atoms with van der Waals surface area (Å²) in [5.41, 5.74) is 3.08. The van der Waals surface area contributed by atoms with E-state index >= 15 is 0 Å². The van der Waals surface area contributed by atoms with Gasteiger partial charge in [0.25, 0.3) is 0 Å². The number of fused-ring (bicyclic) bond motifs is 2. The predicted molar refractivity (Wildman–Crippen MR) is 109 cm³/mol. The zero-order chi connectivity index (χ0) is 21.3. The number of carbonyl (C=O) groups is 2. The molecule has 0 bridgehead atoms. The minimum atomic E-state index is -1.08. The van der Waals surface area contributed by atoms with E-state index in [1.54, 1.807) is 13.2 Å². The molecular formula is C22H25NO6. The molecule has 2 aromatic heterocycles. The zero-order valence-electron chi connectivity index (χ0n) is 17.0. The van der Waals surface area contributed by atoms with Crippen molar-refractivity contribution >= 4 is 33.8 Å². The Morgan fingerprint density at radius 2 is 1.86 bits per heavy atom. The topological polar surface area (TPSA) is 110 Å². The lowest BCUT2D eigenvalue weighted by molar-refractivity contribution is -0.142. The number of hydrogen-bond acceptors (Lipinski definition) is 5.